The molecule has 2 aromatic carbocycles. The molecule has 3 rings (SSSR count). The van der Waals surface area contributed by atoms with Crippen molar-refractivity contribution in [2.45, 2.75) is 20.0 Å². The van der Waals surface area contributed by atoms with Crippen LogP contribution in [-0.2, 0) is 0 Å². The van der Waals surface area contributed by atoms with Crippen LogP contribution < -0.4 is 11.1 Å². The van der Waals surface area contributed by atoms with E-state index >= 15 is 0 Å². The molecule has 6 nitrogen and oxygen atoms in total. The quantitative estimate of drug-likeness (QED) is 0.519. The summed E-state index contributed by atoms with van der Waals surface area (Å²) in [5.74, 6) is 6.35. The number of carbonyl (C=O) groups excluding carboxylic acids is 1. The first-order valence-electron chi connectivity index (χ1n) is 10.2. The third-order valence-electron chi connectivity index (χ3n) is 5.10. The van der Waals surface area contributed by atoms with Gasteiger partial charge >= 0.3 is 0 Å². The maximum atomic E-state index is 12.7. The van der Waals surface area contributed by atoms with Gasteiger partial charge < -0.3 is 21.1 Å². The van der Waals surface area contributed by atoms with Crippen LogP contribution in [0.3, 0.4) is 0 Å². The van der Waals surface area contributed by atoms with Crippen molar-refractivity contribution in [2.24, 2.45) is 0 Å². The molecule has 0 saturated heterocycles. The molecule has 1 aromatic heterocycles. The van der Waals surface area contributed by atoms with Gasteiger partial charge in [0.05, 0.1) is 11.7 Å². The highest BCUT2D eigenvalue weighted by molar-refractivity contribution is 6.31. The summed E-state index contributed by atoms with van der Waals surface area (Å²) < 4.78 is 0. The third-order valence-corrected chi connectivity index (χ3v) is 5.33. The standard InChI is InChI=1S/C25H27ClN4O2/c1-15-9-16(2)22(25(32)29-13-20(31)14-30(3)4)10-17(15)6-8-21-23-11-19(26)7-5-18(23)12-28-24(21)27/h5,7,9-12,20,31H,13-14H2,1-4H3,(H2,27,28)(H,29,32). The number of hydrogen-bond acceptors (Lipinski definition) is 5. The molecule has 0 aliphatic heterocycles. The van der Waals surface area contributed by atoms with Crippen molar-refractivity contribution in [2.75, 3.05) is 32.9 Å². The SMILES string of the molecule is Cc1cc(C)c(C(=O)NCC(O)CN(C)C)cc1C#Cc1c(N)ncc2ccc(Cl)cc12. The van der Waals surface area contributed by atoms with Crippen LogP contribution in [0.1, 0.15) is 32.6 Å². The maximum absolute atomic E-state index is 12.7. The van der Waals surface area contributed by atoms with Crippen molar-refractivity contribution in [3.63, 3.8) is 0 Å². The van der Waals surface area contributed by atoms with Crippen LogP contribution in [-0.4, -0.2) is 54.2 Å². The number of halogens is 1. The summed E-state index contributed by atoms with van der Waals surface area (Å²) in [6, 6.07) is 9.19. The lowest BCUT2D eigenvalue weighted by atomic mass is 9.99. The Morgan fingerprint density at radius 3 is 2.69 bits per heavy atom. The van der Waals surface area contributed by atoms with Crippen LogP contribution in [0.15, 0.2) is 36.5 Å². The molecule has 4 N–H and O–H groups in total. The van der Waals surface area contributed by atoms with Gasteiger partial charge in [0.15, 0.2) is 0 Å². The minimum absolute atomic E-state index is 0.171. The lowest BCUT2D eigenvalue weighted by Crippen LogP contribution is -2.37. The fourth-order valence-corrected chi connectivity index (χ4v) is 3.66. The average molecular weight is 451 g/mol. The molecule has 166 valence electrons. The Balaban J connectivity index is 1.93. The highest BCUT2D eigenvalue weighted by Gasteiger charge is 2.14. The molecule has 1 atom stereocenters. The summed E-state index contributed by atoms with van der Waals surface area (Å²) in [7, 11) is 3.73. The summed E-state index contributed by atoms with van der Waals surface area (Å²) in [6.07, 6.45) is 1.05. The smallest absolute Gasteiger partial charge is 0.251 e. The van der Waals surface area contributed by atoms with Gasteiger partial charge in [0, 0.05) is 46.2 Å². The Kier molecular flexibility index (Phi) is 7.37. The number of pyridine rings is 1. The Hall–Kier alpha value is -3.11. The number of amides is 1. The Morgan fingerprint density at radius 1 is 1.22 bits per heavy atom. The summed E-state index contributed by atoms with van der Waals surface area (Å²) >= 11 is 6.16. The van der Waals surface area contributed by atoms with Gasteiger partial charge in [0.25, 0.3) is 5.91 Å². The summed E-state index contributed by atoms with van der Waals surface area (Å²) in [5, 5.41) is 15.1. The third kappa shape index (κ3) is 5.57. The number of aliphatic hydroxyl groups is 1. The lowest BCUT2D eigenvalue weighted by Gasteiger charge is -2.17. The second-order valence-corrected chi connectivity index (χ2v) is 8.54. The van der Waals surface area contributed by atoms with Gasteiger partial charge in [-0.1, -0.05) is 35.6 Å². The molecular formula is C25H27ClN4O2. The molecule has 0 fully saturated rings. The van der Waals surface area contributed by atoms with E-state index in [1.54, 1.807) is 18.3 Å². The van der Waals surface area contributed by atoms with E-state index in [0.717, 1.165) is 21.9 Å². The first-order chi connectivity index (χ1) is 15.2. The second-order valence-electron chi connectivity index (χ2n) is 8.11. The Bertz CT molecular complexity index is 1220. The van der Waals surface area contributed by atoms with E-state index < -0.39 is 6.10 Å². The number of likely N-dealkylation sites (N-methyl/N-ethyl adjacent to an activating group) is 1. The number of nitrogens with two attached hydrogens (primary N) is 1. The summed E-state index contributed by atoms with van der Waals surface area (Å²) in [5.41, 5.74) is 9.72. The van der Waals surface area contributed by atoms with Crippen molar-refractivity contribution >= 4 is 34.1 Å². The normalized spacial score (nSPS) is 11.8. The highest BCUT2D eigenvalue weighted by Crippen LogP contribution is 2.25. The zero-order valence-electron chi connectivity index (χ0n) is 18.7. The summed E-state index contributed by atoms with van der Waals surface area (Å²) in [4.78, 5) is 18.8. The van der Waals surface area contributed by atoms with Crippen LogP contribution in [0.25, 0.3) is 10.8 Å². The van der Waals surface area contributed by atoms with Crippen LogP contribution >= 0.6 is 11.6 Å². The molecule has 3 aromatic rings. The number of nitrogen functional groups attached to an aromatic ring is 1. The van der Waals surface area contributed by atoms with E-state index in [2.05, 4.69) is 22.1 Å². The molecule has 0 spiro atoms. The number of carbonyl (C=O) groups is 1. The van der Waals surface area contributed by atoms with Gasteiger partial charge in [0.1, 0.15) is 5.82 Å². The maximum Gasteiger partial charge on any atom is 0.251 e. The van der Waals surface area contributed by atoms with Gasteiger partial charge in [-0.05, 0) is 57.3 Å². The molecule has 0 aliphatic rings. The molecule has 0 radical (unpaired) electrons. The van der Waals surface area contributed by atoms with Crippen molar-refractivity contribution < 1.29 is 9.90 Å². The van der Waals surface area contributed by atoms with Crippen LogP contribution in [0, 0.1) is 25.7 Å². The van der Waals surface area contributed by atoms with Gasteiger partial charge in [-0.25, -0.2) is 4.98 Å². The number of rotatable bonds is 5. The number of nitrogens with one attached hydrogen (secondary N) is 1. The van der Waals surface area contributed by atoms with Gasteiger partial charge in [-0.3, -0.25) is 4.79 Å². The minimum Gasteiger partial charge on any atom is -0.390 e. The van der Waals surface area contributed by atoms with E-state index in [0.29, 0.717) is 34.1 Å². The molecule has 32 heavy (non-hydrogen) atoms. The van der Waals surface area contributed by atoms with Crippen molar-refractivity contribution in [3.05, 3.63) is 69.4 Å². The second kappa shape index (κ2) is 10.0. The van der Waals surface area contributed by atoms with Crippen molar-refractivity contribution in [1.82, 2.24) is 15.2 Å². The molecule has 1 unspecified atom stereocenters. The van der Waals surface area contributed by atoms with Crippen LogP contribution in [0.5, 0.6) is 0 Å². The number of hydrogen-bond donors (Lipinski definition) is 3. The topological polar surface area (TPSA) is 91.5 Å². The number of benzene rings is 2. The number of nitrogens with zero attached hydrogens (tertiary/aromatic N) is 2. The van der Waals surface area contributed by atoms with Gasteiger partial charge in [0.2, 0.25) is 0 Å². The number of fused-ring (bicyclic) bond motifs is 1. The highest BCUT2D eigenvalue weighted by atomic mass is 35.5. The zero-order chi connectivity index (χ0) is 23.4. The average Bonchev–Trinajstić information content (AvgIpc) is 2.72. The van der Waals surface area contributed by atoms with Crippen LogP contribution in [0.4, 0.5) is 5.82 Å². The summed E-state index contributed by atoms with van der Waals surface area (Å²) in [6.45, 7) is 4.46. The van der Waals surface area contributed by atoms with Crippen LogP contribution in [0.2, 0.25) is 5.02 Å². The van der Waals surface area contributed by atoms with E-state index in [-0.39, 0.29) is 12.5 Å². The van der Waals surface area contributed by atoms with Crippen molar-refractivity contribution in [3.8, 4) is 11.8 Å². The zero-order valence-corrected chi connectivity index (χ0v) is 19.4. The van der Waals surface area contributed by atoms with E-state index in [9.17, 15) is 9.90 Å². The number of aryl methyl sites for hydroxylation is 2. The molecular weight excluding hydrogens is 424 g/mol. The molecule has 1 heterocycles. The fourth-order valence-electron chi connectivity index (χ4n) is 3.48. The monoisotopic (exact) mass is 450 g/mol. The molecule has 7 heteroatoms. The molecule has 0 bridgehead atoms. The predicted molar refractivity (Wildman–Crippen MR) is 130 cm³/mol. The number of aromatic nitrogens is 1. The lowest BCUT2D eigenvalue weighted by molar-refractivity contribution is 0.0891. The number of anilines is 1. The van der Waals surface area contributed by atoms with Gasteiger partial charge in [-0.2, -0.15) is 0 Å². The number of aliphatic hydroxyl groups excluding tert-OH is 1. The minimum atomic E-state index is -0.646. The van der Waals surface area contributed by atoms with E-state index in [1.165, 1.54) is 0 Å². The molecule has 0 aliphatic carbocycles. The Morgan fingerprint density at radius 2 is 1.97 bits per heavy atom. The van der Waals surface area contributed by atoms with Gasteiger partial charge in [-0.15, -0.1) is 0 Å². The van der Waals surface area contributed by atoms with E-state index in [1.807, 2.05) is 51.0 Å². The molecule has 0 saturated carbocycles. The molecule has 1 amide bonds. The fraction of sp³-hybridized carbons (Fsp3) is 0.280. The largest absolute Gasteiger partial charge is 0.390 e. The first-order valence-corrected chi connectivity index (χ1v) is 10.6. The van der Waals surface area contributed by atoms with Crippen molar-refractivity contribution in [1.29, 1.82) is 0 Å². The Labute approximate surface area is 193 Å². The predicted octanol–water partition coefficient (Wildman–Crippen LogP) is 3.14. The van der Waals surface area contributed by atoms with E-state index in [4.69, 9.17) is 17.3 Å². The first kappa shape index (κ1) is 23.6.